The molecule has 0 aromatic rings. The standard InChI is InChI=1S/C13H26N2O/c1-4-13(5-2,6-3)15-12(16)11-9-7-8-10-14-11/h11,14H,4-10H2,1-3H3,(H,15,16)/t11-/m1/s1. The number of nitrogens with one attached hydrogen (secondary N) is 2. The van der Waals surface area contributed by atoms with Crippen molar-refractivity contribution in [2.45, 2.75) is 70.9 Å². The molecular weight excluding hydrogens is 200 g/mol. The highest BCUT2D eigenvalue weighted by molar-refractivity contribution is 5.82. The average molecular weight is 226 g/mol. The van der Waals surface area contributed by atoms with Crippen molar-refractivity contribution in [3.05, 3.63) is 0 Å². The van der Waals surface area contributed by atoms with E-state index in [1.165, 1.54) is 12.8 Å². The predicted molar refractivity (Wildman–Crippen MR) is 67.4 cm³/mol. The second-order valence-corrected chi connectivity index (χ2v) is 4.83. The van der Waals surface area contributed by atoms with Gasteiger partial charge in [0.2, 0.25) is 5.91 Å². The fourth-order valence-electron chi connectivity index (χ4n) is 2.44. The second kappa shape index (κ2) is 6.24. The average Bonchev–Trinajstić information content (AvgIpc) is 2.37. The van der Waals surface area contributed by atoms with Crippen LogP contribution in [0.5, 0.6) is 0 Å². The zero-order chi connectivity index (χ0) is 12.0. The van der Waals surface area contributed by atoms with Crippen molar-refractivity contribution in [2.24, 2.45) is 0 Å². The summed E-state index contributed by atoms with van der Waals surface area (Å²) in [6.45, 7) is 7.44. The molecule has 0 unspecified atom stereocenters. The Kier molecular flexibility index (Phi) is 5.26. The van der Waals surface area contributed by atoms with Gasteiger partial charge in [-0.15, -0.1) is 0 Å². The lowest BCUT2D eigenvalue weighted by atomic mass is 9.89. The highest BCUT2D eigenvalue weighted by Crippen LogP contribution is 2.20. The van der Waals surface area contributed by atoms with Crippen molar-refractivity contribution in [2.75, 3.05) is 6.54 Å². The summed E-state index contributed by atoms with van der Waals surface area (Å²) in [5, 5.41) is 6.55. The van der Waals surface area contributed by atoms with E-state index < -0.39 is 0 Å². The highest BCUT2D eigenvalue weighted by Gasteiger charge is 2.29. The fourth-order valence-corrected chi connectivity index (χ4v) is 2.44. The van der Waals surface area contributed by atoms with Crippen LogP contribution in [0.3, 0.4) is 0 Å². The number of hydrogen-bond acceptors (Lipinski definition) is 2. The molecule has 0 spiro atoms. The van der Waals surface area contributed by atoms with Crippen molar-refractivity contribution in [1.29, 1.82) is 0 Å². The van der Waals surface area contributed by atoms with E-state index in [0.717, 1.165) is 32.2 Å². The largest absolute Gasteiger partial charge is 0.349 e. The van der Waals surface area contributed by atoms with Crippen LogP contribution < -0.4 is 10.6 Å². The topological polar surface area (TPSA) is 41.1 Å². The minimum absolute atomic E-state index is 0.0101. The lowest BCUT2D eigenvalue weighted by Gasteiger charge is -2.34. The van der Waals surface area contributed by atoms with Crippen LogP contribution in [0.1, 0.15) is 59.3 Å². The molecule has 0 bridgehead atoms. The summed E-state index contributed by atoms with van der Waals surface area (Å²) in [4.78, 5) is 12.1. The van der Waals surface area contributed by atoms with Crippen LogP contribution in [0, 0.1) is 0 Å². The van der Waals surface area contributed by atoms with E-state index in [1.54, 1.807) is 0 Å². The maximum Gasteiger partial charge on any atom is 0.237 e. The maximum atomic E-state index is 12.1. The molecule has 0 aromatic carbocycles. The predicted octanol–water partition coefficient (Wildman–Crippen LogP) is 2.21. The Morgan fingerprint density at radius 2 is 1.88 bits per heavy atom. The van der Waals surface area contributed by atoms with Crippen LogP contribution in [0.25, 0.3) is 0 Å². The molecule has 1 rings (SSSR count). The van der Waals surface area contributed by atoms with Gasteiger partial charge in [-0.3, -0.25) is 4.79 Å². The van der Waals surface area contributed by atoms with Gasteiger partial charge in [0.05, 0.1) is 6.04 Å². The Morgan fingerprint density at radius 1 is 1.25 bits per heavy atom. The molecule has 1 heterocycles. The number of carbonyl (C=O) groups is 1. The molecule has 0 saturated carbocycles. The third-order valence-corrected chi connectivity index (χ3v) is 4.05. The Hall–Kier alpha value is -0.570. The molecule has 0 aliphatic carbocycles. The monoisotopic (exact) mass is 226 g/mol. The van der Waals surface area contributed by atoms with E-state index in [-0.39, 0.29) is 17.5 Å². The van der Waals surface area contributed by atoms with Crippen molar-refractivity contribution in [3.63, 3.8) is 0 Å². The van der Waals surface area contributed by atoms with Gasteiger partial charge in [-0.1, -0.05) is 27.2 Å². The van der Waals surface area contributed by atoms with Crippen LogP contribution in [0.2, 0.25) is 0 Å². The summed E-state index contributed by atoms with van der Waals surface area (Å²) >= 11 is 0. The fraction of sp³-hybridized carbons (Fsp3) is 0.923. The zero-order valence-corrected chi connectivity index (χ0v) is 10.9. The number of carbonyl (C=O) groups excluding carboxylic acids is 1. The van der Waals surface area contributed by atoms with Crippen molar-refractivity contribution in [3.8, 4) is 0 Å². The van der Waals surface area contributed by atoms with Crippen molar-refractivity contribution >= 4 is 5.91 Å². The third kappa shape index (κ3) is 3.21. The van der Waals surface area contributed by atoms with E-state index in [1.807, 2.05) is 0 Å². The molecule has 1 amide bonds. The Labute approximate surface area is 99.4 Å². The molecule has 0 radical (unpaired) electrons. The van der Waals surface area contributed by atoms with Crippen molar-refractivity contribution in [1.82, 2.24) is 10.6 Å². The Balaban J connectivity index is 2.53. The van der Waals surface area contributed by atoms with Crippen molar-refractivity contribution < 1.29 is 4.79 Å². The molecule has 3 nitrogen and oxygen atoms in total. The number of amides is 1. The number of rotatable bonds is 5. The van der Waals surface area contributed by atoms with Gasteiger partial charge in [-0.2, -0.15) is 0 Å². The summed E-state index contributed by atoms with van der Waals surface area (Å²) < 4.78 is 0. The lowest BCUT2D eigenvalue weighted by molar-refractivity contribution is -0.125. The normalized spacial score (nSPS) is 21.8. The summed E-state index contributed by atoms with van der Waals surface area (Å²) in [6, 6.07) is 0.0396. The molecule has 94 valence electrons. The first-order valence-electron chi connectivity index (χ1n) is 6.73. The molecule has 1 fully saturated rings. The molecule has 0 aromatic heterocycles. The van der Waals surface area contributed by atoms with Gasteiger partial charge >= 0.3 is 0 Å². The Bertz CT molecular complexity index is 210. The van der Waals surface area contributed by atoms with E-state index in [4.69, 9.17) is 0 Å². The smallest absolute Gasteiger partial charge is 0.237 e. The molecule has 2 N–H and O–H groups in total. The third-order valence-electron chi connectivity index (χ3n) is 4.05. The van der Waals surface area contributed by atoms with Gasteiger partial charge in [-0.05, 0) is 38.6 Å². The molecule has 1 saturated heterocycles. The zero-order valence-electron chi connectivity index (χ0n) is 10.9. The second-order valence-electron chi connectivity index (χ2n) is 4.83. The van der Waals surface area contributed by atoms with E-state index >= 15 is 0 Å². The van der Waals surface area contributed by atoms with Gasteiger partial charge in [0.1, 0.15) is 0 Å². The molecule has 1 aliphatic rings. The number of piperidine rings is 1. The highest BCUT2D eigenvalue weighted by atomic mass is 16.2. The molecule has 16 heavy (non-hydrogen) atoms. The molecular formula is C13H26N2O. The van der Waals surface area contributed by atoms with Gasteiger partial charge in [0, 0.05) is 5.54 Å². The lowest BCUT2D eigenvalue weighted by Crippen LogP contribution is -2.55. The van der Waals surface area contributed by atoms with E-state index in [9.17, 15) is 4.79 Å². The first-order valence-corrected chi connectivity index (χ1v) is 6.73. The van der Waals surface area contributed by atoms with Gasteiger partial charge in [-0.25, -0.2) is 0 Å². The van der Waals surface area contributed by atoms with Crippen LogP contribution in [0.15, 0.2) is 0 Å². The SMILES string of the molecule is CCC(CC)(CC)NC(=O)[C@H]1CCCCN1. The summed E-state index contributed by atoms with van der Waals surface area (Å²) in [5.41, 5.74) is 0.0101. The van der Waals surface area contributed by atoms with E-state index in [2.05, 4.69) is 31.4 Å². The van der Waals surface area contributed by atoms with Gasteiger partial charge in [0.25, 0.3) is 0 Å². The van der Waals surface area contributed by atoms with Crippen LogP contribution in [-0.2, 0) is 4.79 Å². The summed E-state index contributed by atoms with van der Waals surface area (Å²) in [7, 11) is 0. The Morgan fingerprint density at radius 3 is 2.31 bits per heavy atom. The molecule has 1 atom stereocenters. The molecule has 3 heteroatoms. The van der Waals surface area contributed by atoms with Crippen LogP contribution >= 0.6 is 0 Å². The van der Waals surface area contributed by atoms with E-state index in [0.29, 0.717) is 0 Å². The first kappa shape index (κ1) is 13.5. The summed E-state index contributed by atoms with van der Waals surface area (Å²) in [6.07, 6.45) is 6.39. The van der Waals surface area contributed by atoms with Gasteiger partial charge in [0.15, 0.2) is 0 Å². The quantitative estimate of drug-likeness (QED) is 0.754. The molecule has 1 aliphatic heterocycles. The maximum absolute atomic E-state index is 12.1. The minimum Gasteiger partial charge on any atom is -0.349 e. The van der Waals surface area contributed by atoms with Crippen LogP contribution in [-0.4, -0.2) is 24.0 Å². The van der Waals surface area contributed by atoms with Gasteiger partial charge < -0.3 is 10.6 Å². The number of hydrogen-bond donors (Lipinski definition) is 2. The summed E-state index contributed by atoms with van der Waals surface area (Å²) in [5.74, 6) is 0.199. The van der Waals surface area contributed by atoms with Crippen LogP contribution in [0.4, 0.5) is 0 Å². The minimum atomic E-state index is 0.0101. The first-order chi connectivity index (χ1) is 7.67.